The number of hydrogen-bond donors (Lipinski definition) is 1. The fourth-order valence-corrected chi connectivity index (χ4v) is 2.31. The van der Waals surface area contributed by atoms with E-state index in [0.29, 0.717) is 0 Å². The van der Waals surface area contributed by atoms with E-state index in [1.165, 1.54) is 0 Å². The van der Waals surface area contributed by atoms with Gasteiger partial charge in [-0.05, 0) is 25.1 Å². The lowest BCUT2D eigenvalue weighted by molar-refractivity contribution is 0.121. The van der Waals surface area contributed by atoms with Crippen molar-refractivity contribution in [3.63, 3.8) is 0 Å². The highest BCUT2D eigenvalue weighted by Crippen LogP contribution is 2.27. The third kappa shape index (κ3) is 3.01. The van der Waals surface area contributed by atoms with Crippen LogP contribution in [0.3, 0.4) is 0 Å². The number of halogens is 1. The van der Waals surface area contributed by atoms with Crippen LogP contribution in [-0.4, -0.2) is 5.11 Å². The highest BCUT2D eigenvalue weighted by atomic mass is 79.9. The zero-order valence-electron chi connectivity index (χ0n) is 10.0. The highest BCUT2D eigenvalue weighted by molar-refractivity contribution is 9.10. The molecule has 1 N–H and O–H groups in total. The Kier molecular flexibility index (Phi) is 3.86. The van der Waals surface area contributed by atoms with Crippen LogP contribution in [0.2, 0.25) is 0 Å². The summed E-state index contributed by atoms with van der Waals surface area (Å²) in [5, 5.41) is 10.4. The smallest absolute Gasteiger partial charge is 0.149 e. The van der Waals surface area contributed by atoms with Gasteiger partial charge in [0.05, 0.1) is 0 Å². The summed E-state index contributed by atoms with van der Waals surface area (Å²) in [7, 11) is 0. The number of aliphatic hydroxyl groups is 1. The Bertz CT molecular complexity index is 591. The fraction of sp³-hybridized carbons (Fsp3) is 0.125. The molecule has 2 aromatic rings. The van der Waals surface area contributed by atoms with Crippen LogP contribution in [0.1, 0.15) is 18.1 Å². The lowest BCUT2D eigenvalue weighted by atomic mass is 9.96. The molecule has 2 aromatic carbocycles. The van der Waals surface area contributed by atoms with Crippen LogP contribution < -0.4 is 0 Å². The minimum absolute atomic E-state index is 0.772. The topological polar surface area (TPSA) is 20.2 Å². The lowest BCUT2D eigenvalue weighted by Crippen LogP contribution is -2.19. The molecule has 0 spiro atoms. The van der Waals surface area contributed by atoms with Crippen LogP contribution in [0, 0.1) is 11.8 Å². The first-order chi connectivity index (χ1) is 8.59. The van der Waals surface area contributed by atoms with Gasteiger partial charge >= 0.3 is 0 Å². The van der Waals surface area contributed by atoms with Crippen LogP contribution in [0.15, 0.2) is 59.1 Å². The van der Waals surface area contributed by atoms with Gasteiger partial charge in [0, 0.05) is 15.6 Å². The first-order valence-corrected chi connectivity index (χ1v) is 6.44. The van der Waals surface area contributed by atoms with E-state index in [9.17, 15) is 5.11 Å². The predicted molar refractivity (Wildman–Crippen MR) is 77.0 cm³/mol. The molecule has 0 saturated heterocycles. The number of benzene rings is 2. The summed E-state index contributed by atoms with van der Waals surface area (Å²) >= 11 is 3.43. The summed E-state index contributed by atoms with van der Waals surface area (Å²) in [4.78, 5) is 0. The Balaban J connectivity index is 2.34. The molecule has 1 atom stereocenters. The molecule has 0 heterocycles. The van der Waals surface area contributed by atoms with Gasteiger partial charge in [-0.2, -0.15) is 0 Å². The molecule has 0 amide bonds. The molecule has 0 aliphatic carbocycles. The van der Waals surface area contributed by atoms with Gasteiger partial charge in [-0.25, -0.2) is 0 Å². The standard InChI is InChI=1S/C16H13BrO/c1-16(18,14-9-5-6-10-15(14)17)12-11-13-7-3-2-4-8-13/h2-10,18H,1H3/t16-/m0/s1. The van der Waals surface area contributed by atoms with Gasteiger partial charge in [-0.1, -0.05) is 64.2 Å². The van der Waals surface area contributed by atoms with Crippen molar-refractivity contribution in [1.82, 2.24) is 0 Å². The molecule has 0 radical (unpaired) electrons. The second kappa shape index (κ2) is 5.39. The summed E-state index contributed by atoms with van der Waals surface area (Å²) in [5.74, 6) is 5.90. The molecule has 0 aromatic heterocycles. The quantitative estimate of drug-likeness (QED) is 0.796. The molecule has 0 aliphatic heterocycles. The van der Waals surface area contributed by atoms with E-state index >= 15 is 0 Å². The average Bonchev–Trinajstić information content (AvgIpc) is 2.38. The molecule has 90 valence electrons. The van der Waals surface area contributed by atoms with Crippen molar-refractivity contribution >= 4 is 15.9 Å². The lowest BCUT2D eigenvalue weighted by Gasteiger charge is -2.18. The SMILES string of the molecule is C[C@](O)(C#Cc1ccccc1)c1ccccc1Br. The van der Waals surface area contributed by atoms with Crippen LogP contribution in [-0.2, 0) is 5.60 Å². The molecule has 0 bridgehead atoms. The van der Waals surface area contributed by atoms with Crippen molar-refractivity contribution in [2.75, 3.05) is 0 Å². The normalized spacial score (nSPS) is 13.3. The Morgan fingerprint density at radius 3 is 2.28 bits per heavy atom. The second-order valence-corrected chi connectivity index (χ2v) is 5.02. The summed E-state index contributed by atoms with van der Waals surface area (Å²) in [6.07, 6.45) is 0. The molecule has 0 aliphatic rings. The van der Waals surface area contributed by atoms with E-state index in [2.05, 4.69) is 27.8 Å². The first kappa shape index (κ1) is 12.9. The zero-order valence-corrected chi connectivity index (χ0v) is 11.6. The number of hydrogen-bond acceptors (Lipinski definition) is 1. The van der Waals surface area contributed by atoms with Crippen molar-refractivity contribution in [1.29, 1.82) is 0 Å². The van der Waals surface area contributed by atoms with E-state index in [4.69, 9.17) is 0 Å². The van der Waals surface area contributed by atoms with Crippen molar-refractivity contribution < 1.29 is 5.11 Å². The minimum atomic E-state index is -1.17. The Morgan fingerprint density at radius 2 is 1.61 bits per heavy atom. The molecular formula is C16H13BrO. The average molecular weight is 301 g/mol. The minimum Gasteiger partial charge on any atom is -0.374 e. The third-order valence-electron chi connectivity index (χ3n) is 2.62. The molecule has 0 unspecified atom stereocenters. The Morgan fingerprint density at radius 1 is 1.00 bits per heavy atom. The maximum Gasteiger partial charge on any atom is 0.149 e. The van der Waals surface area contributed by atoms with E-state index in [-0.39, 0.29) is 0 Å². The Labute approximate surface area is 116 Å². The Hall–Kier alpha value is -1.56. The molecule has 18 heavy (non-hydrogen) atoms. The van der Waals surface area contributed by atoms with E-state index in [1.807, 2.05) is 54.6 Å². The van der Waals surface area contributed by atoms with Crippen molar-refractivity contribution in [2.24, 2.45) is 0 Å². The summed E-state index contributed by atoms with van der Waals surface area (Å²) in [6.45, 7) is 1.70. The maximum absolute atomic E-state index is 10.4. The van der Waals surface area contributed by atoms with Gasteiger partial charge in [-0.15, -0.1) is 0 Å². The summed E-state index contributed by atoms with van der Waals surface area (Å²) in [6, 6.07) is 17.2. The molecular weight excluding hydrogens is 288 g/mol. The van der Waals surface area contributed by atoms with E-state index in [1.54, 1.807) is 6.92 Å². The van der Waals surface area contributed by atoms with Crippen molar-refractivity contribution in [2.45, 2.75) is 12.5 Å². The fourth-order valence-electron chi connectivity index (χ4n) is 1.64. The van der Waals surface area contributed by atoms with E-state index in [0.717, 1.165) is 15.6 Å². The molecule has 2 rings (SSSR count). The first-order valence-electron chi connectivity index (χ1n) is 5.65. The van der Waals surface area contributed by atoms with Crippen LogP contribution in [0.4, 0.5) is 0 Å². The van der Waals surface area contributed by atoms with Crippen LogP contribution in [0.5, 0.6) is 0 Å². The van der Waals surface area contributed by atoms with E-state index < -0.39 is 5.60 Å². The van der Waals surface area contributed by atoms with Gasteiger partial charge < -0.3 is 5.11 Å². The monoisotopic (exact) mass is 300 g/mol. The van der Waals surface area contributed by atoms with Gasteiger partial charge in [0.2, 0.25) is 0 Å². The van der Waals surface area contributed by atoms with Gasteiger partial charge in [0.1, 0.15) is 5.60 Å². The molecule has 1 nitrogen and oxygen atoms in total. The predicted octanol–water partition coefficient (Wildman–Crippen LogP) is 3.71. The molecule has 2 heteroatoms. The maximum atomic E-state index is 10.4. The van der Waals surface area contributed by atoms with Gasteiger partial charge in [-0.3, -0.25) is 0 Å². The van der Waals surface area contributed by atoms with Crippen molar-refractivity contribution in [3.8, 4) is 11.8 Å². The molecule has 0 saturated carbocycles. The summed E-state index contributed by atoms with van der Waals surface area (Å²) < 4.78 is 0.859. The third-order valence-corrected chi connectivity index (χ3v) is 3.31. The van der Waals surface area contributed by atoms with Crippen LogP contribution >= 0.6 is 15.9 Å². The highest BCUT2D eigenvalue weighted by Gasteiger charge is 2.22. The summed E-state index contributed by atoms with van der Waals surface area (Å²) in [5.41, 5.74) is 0.494. The second-order valence-electron chi connectivity index (χ2n) is 4.17. The van der Waals surface area contributed by atoms with Crippen molar-refractivity contribution in [3.05, 3.63) is 70.2 Å². The van der Waals surface area contributed by atoms with Gasteiger partial charge in [0.25, 0.3) is 0 Å². The largest absolute Gasteiger partial charge is 0.374 e. The molecule has 0 fully saturated rings. The number of rotatable bonds is 1. The van der Waals surface area contributed by atoms with Gasteiger partial charge in [0.15, 0.2) is 0 Å². The zero-order chi connectivity index (χ0) is 13.0. The van der Waals surface area contributed by atoms with Crippen LogP contribution in [0.25, 0.3) is 0 Å².